The van der Waals surface area contributed by atoms with E-state index < -0.39 is 18.2 Å². The third kappa shape index (κ3) is 8.66. The van der Waals surface area contributed by atoms with Gasteiger partial charge in [0.2, 0.25) is 11.8 Å². The van der Waals surface area contributed by atoms with Crippen LogP contribution in [0.1, 0.15) is 56.9 Å². The molecule has 7 rings (SSSR count). The normalized spacial score (nSPS) is 12.4. The number of aromatic amines is 2. The van der Waals surface area contributed by atoms with Crippen molar-refractivity contribution < 1.29 is 28.7 Å². The first kappa shape index (κ1) is 40.2. The standard InChI is InChI=1S/C45H48N8O6/c1-6-21-52(43(55)40(51-45(57)59-5)28-11-9-8-10-12-28)25-37-47-35-19-15-31-22-29(13-17-33(31)41(35)49-37)30-14-18-34-32(23-30)16-20-36-42(34)50-38(48-36)26-53(27(3)7-2)39(54)24-46-44(56)58-4/h8-20,22-23,27,40H,6-7,21,24-26H2,1-5H3,(H,46,56)(H,47,49)(H,48,50)(H,51,57)/t27-,40+/m0/s1. The number of rotatable bonds is 14. The molecule has 0 saturated carbocycles. The number of H-pyrrole nitrogens is 2. The second-order valence-corrected chi connectivity index (χ2v) is 14.5. The van der Waals surface area contributed by atoms with E-state index in [2.05, 4.69) is 73.9 Å². The van der Waals surface area contributed by atoms with Crippen LogP contribution in [0.2, 0.25) is 0 Å². The van der Waals surface area contributed by atoms with E-state index in [-0.39, 0.29) is 37.5 Å². The number of ether oxygens (including phenoxy) is 2. The number of benzene rings is 5. The van der Waals surface area contributed by atoms with Gasteiger partial charge in [0.1, 0.15) is 24.2 Å². The summed E-state index contributed by atoms with van der Waals surface area (Å²) in [6.07, 6.45) is 0.123. The van der Waals surface area contributed by atoms with Crippen LogP contribution in [0.5, 0.6) is 0 Å². The van der Waals surface area contributed by atoms with E-state index in [1.54, 1.807) is 9.80 Å². The maximum atomic E-state index is 14.0. The number of carbonyl (C=O) groups excluding carboxylic acids is 4. The zero-order valence-electron chi connectivity index (χ0n) is 33.8. The van der Waals surface area contributed by atoms with Gasteiger partial charge in [0.15, 0.2) is 0 Å². The summed E-state index contributed by atoms with van der Waals surface area (Å²) < 4.78 is 9.46. The minimum Gasteiger partial charge on any atom is -0.453 e. The predicted molar refractivity (Wildman–Crippen MR) is 227 cm³/mol. The summed E-state index contributed by atoms with van der Waals surface area (Å²) in [5, 5.41) is 9.20. The highest BCUT2D eigenvalue weighted by atomic mass is 16.5. The number of alkyl carbamates (subject to hydrolysis) is 2. The maximum absolute atomic E-state index is 14.0. The predicted octanol–water partition coefficient (Wildman–Crippen LogP) is 7.73. The van der Waals surface area contributed by atoms with Gasteiger partial charge in [0, 0.05) is 23.4 Å². The van der Waals surface area contributed by atoms with Crippen LogP contribution in [0.3, 0.4) is 0 Å². The smallest absolute Gasteiger partial charge is 0.407 e. The number of hydrogen-bond acceptors (Lipinski definition) is 8. The van der Waals surface area contributed by atoms with Crippen molar-refractivity contribution in [2.45, 2.75) is 58.8 Å². The molecule has 2 aromatic heterocycles. The molecule has 2 atom stereocenters. The molecule has 0 saturated heterocycles. The van der Waals surface area contributed by atoms with Crippen molar-refractivity contribution in [2.75, 3.05) is 27.3 Å². The van der Waals surface area contributed by atoms with E-state index >= 15 is 0 Å². The first-order valence-electron chi connectivity index (χ1n) is 19.7. The molecular weight excluding hydrogens is 749 g/mol. The zero-order chi connectivity index (χ0) is 41.6. The SMILES string of the molecule is CCCN(Cc1nc2c(ccc3cc(-c4ccc5c(ccc6[nH]c(CN(C(=O)CNC(=O)OC)[C@@H](C)CC)nc65)c4)ccc32)[nH]1)C(=O)[C@H](NC(=O)OC)c1ccccc1. The molecule has 304 valence electrons. The Labute approximate surface area is 341 Å². The first-order chi connectivity index (χ1) is 28.6. The Kier molecular flexibility index (Phi) is 12.1. The Morgan fingerprint density at radius 3 is 1.85 bits per heavy atom. The molecule has 4 N–H and O–H groups in total. The van der Waals surface area contributed by atoms with Gasteiger partial charge in [-0.25, -0.2) is 19.6 Å². The molecule has 4 amide bonds. The van der Waals surface area contributed by atoms with Crippen molar-refractivity contribution >= 4 is 67.6 Å². The molecule has 59 heavy (non-hydrogen) atoms. The zero-order valence-corrected chi connectivity index (χ0v) is 33.8. The van der Waals surface area contributed by atoms with Crippen molar-refractivity contribution in [3.05, 3.63) is 108 Å². The average Bonchev–Trinajstić information content (AvgIpc) is 3.89. The molecular formula is C45H48N8O6. The molecule has 2 heterocycles. The van der Waals surface area contributed by atoms with Gasteiger partial charge in [-0.05, 0) is 71.5 Å². The summed E-state index contributed by atoms with van der Waals surface area (Å²) in [7, 11) is 2.54. The van der Waals surface area contributed by atoms with Gasteiger partial charge in [-0.1, -0.05) is 80.6 Å². The topological polar surface area (TPSA) is 175 Å². The van der Waals surface area contributed by atoms with Gasteiger partial charge in [-0.3, -0.25) is 9.59 Å². The minimum atomic E-state index is -0.914. The van der Waals surface area contributed by atoms with Crippen LogP contribution in [0, 0.1) is 0 Å². The van der Waals surface area contributed by atoms with E-state index in [9.17, 15) is 19.2 Å². The van der Waals surface area contributed by atoms with E-state index in [4.69, 9.17) is 14.7 Å². The molecule has 0 fully saturated rings. The van der Waals surface area contributed by atoms with Crippen LogP contribution in [-0.2, 0) is 32.2 Å². The summed E-state index contributed by atoms with van der Waals surface area (Å²) in [5.74, 6) is 0.814. The highest BCUT2D eigenvalue weighted by Gasteiger charge is 2.29. The number of aromatic nitrogens is 4. The highest BCUT2D eigenvalue weighted by Crippen LogP contribution is 2.33. The average molecular weight is 797 g/mol. The first-order valence-corrected chi connectivity index (χ1v) is 19.7. The van der Waals surface area contributed by atoms with E-state index in [0.29, 0.717) is 23.8 Å². The van der Waals surface area contributed by atoms with Crippen molar-refractivity contribution in [3.63, 3.8) is 0 Å². The van der Waals surface area contributed by atoms with Crippen molar-refractivity contribution in [3.8, 4) is 11.1 Å². The van der Waals surface area contributed by atoms with Crippen LogP contribution in [0.15, 0.2) is 91.0 Å². The third-order valence-electron chi connectivity index (χ3n) is 10.7. The van der Waals surface area contributed by atoms with Crippen LogP contribution in [0.25, 0.3) is 54.7 Å². The number of amides is 4. The molecule has 14 nitrogen and oxygen atoms in total. The molecule has 0 aliphatic rings. The number of imidazole rings is 2. The number of fused-ring (bicyclic) bond motifs is 6. The van der Waals surface area contributed by atoms with Crippen LogP contribution in [-0.4, -0.2) is 87.1 Å². The summed E-state index contributed by atoms with van der Waals surface area (Å²) in [5.41, 5.74) is 6.11. The Morgan fingerprint density at radius 2 is 1.31 bits per heavy atom. The summed E-state index contributed by atoms with van der Waals surface area (Å²) in [6, 6.07) is 28.9. The maximum Gasteiger partial charge on any atom is 0.407 e. The second-order valence-electron chi connectivity index (χ2n) is 14.5. The lowest BCUT2D eigenvalue weighted by Crippen LogP contribution is -2.44. The fourth-order valence-electron chi connectivity index (χ4n) is 7.42. The lowest BCUT2D eigenvalue weighted by Gasteiger charge is -2.27. The van der Waals surface area contributed by atoms with Crippen LogP contribution < -0.4 is 10.6 Å². The van der Waals surface area contributed by atoms with Gasteiger partial charge in [-0.15, -0.1) is 0 Å². The number of methoxy groups -OCH3 is 2. The fourth-order valence-corrected chi connectivity index (χ4v) is 7.42. The quantitative estimate of drug-likeness (QED) is 0.0865. The number of hydrogen-bond donors (Lipinski definition) is 4. The monoisotopic (exact) mass is 796 g/mol. The number of nitrogens with one attached hydrogen (secondary N) is 4. The van der Waals surface area contributed by atoms with E-state index in [1.165, 1.54) is 14.2 Å². The molecule has 0 aliphatic carbocycles. The van der Waals surface area contributed by atoms with Gasteiger partial charge < -0.3 is 39.9 Å². The van der Waals surface area contributed by atoms with Gasteiger partial charge in [0.25, 0.3) is 0 Å². The van der Waals surface area contributed by atoms with Crippen molar-refractivity contribution in [2.24, 2.45) is 0 Å². The van der Waals surface area contributed by atoms with Crippen molar-refractivity contribution in [1.29, 1.82) is 0 Å². The Hall–Kier alpha value is -6.96. The van der Waals surface area contributed by atoms with Gasteiger partial charge in [-0.2, -0.15) is 0 Å². The number of carbonyl (C=O) groups is 4. The summed E-state index contributed by atoms with van der Waals surface area (Å²) in [6.45, 7) is 6.79. The molecule has 0 aliphatic heterocycles. The number of nitrogens with zero attached hydrogens (tertiary/aromatic N) is 4. The van der Waals surface area contributed by atoms with E-state index in [0.717, 1.165) is 67.6 Å². The fraction of sp³-hybridized carbons (Fsp3) is 0.289. The second kappa shape index (κ2) is 17.7. The van der Waals surface area contributed by atoms with Crippen LogP contribution in [0.4, 0.5) is 9.59 Å². The molecule has 7 aromatic rings. The molecule has 5 aromatic carbocycles. The molecule has 0 unspecified atom stereocenters. The lowest BCUT2D eigenvalue weighted by molar-refractivity contribution is -0.134. The Bertz CT molecular complexity index is 2660. The van der Waals surface area contributed by atoms with Crippen LogP contribution >= 0.6 is 0 Å². The van der Waals surface area contributed by atoms with Crippen molar-refractivity contribution in [1.82, 2.24) is 40.4 Å². The molecule has 0 radical (unpaired) electrons. The van der Waals surface area contributed by atoms with E-state index in [1.807, 2.05) is 63.2 Å². The lowest BCUT2D eigenvalue weighted by atomic mass is 9.98. The molecule has 0 spiro atoms. The van der Waals surface area contributed by atoms with Gasteiger partial charge >= 0.3 is 12.2 Å². The third-order valence-corrected chi connectivity index (χ3v) is 10.7. The Morgan fingerprint density at radius 1 is 0.729 bits per heavy atom. The molecule has 14 heteroatoms. The highest BCUT2D eigenvalue weighted by molar-refractivity contribution is 6.07. The minimum absolute atomic E-state index is 0.0640. The molecule has 0 bridgehead atoms. The summed E-state index contributed by atoms with van der Waals surface area (Å²) >= 11 is 0. The Balaban J connectivity index is 1.12. The summed E-state index contributed by atoms with van der Waals surface area (Å²) in [4.78, 5) is 71.0. The largest absolute Gasteiger partial charge is 0.453 e. The van der Waals surface area contributed by atoms with Gasteiger partial charge in [0.05, 0.1) is 49.4 Å².